The second-order valence-electron chi connectivity index (χ2n) is 5.11. The van der Waals surface area contributed by atoms with Crippen LogP contribution in [0.5, 0.6) is 5.75 Å². The van der Waals surface area contributed by atoms with Gasteiger partial charge in [-0.2, -0.15) is 0 Å². The Labute approximate surface area is 131 Å². The van der Waals surface area contributed by atoms with Crippen molar-refractivity contribution in [1.29, 1.82) is 0 Å². The molecule has 0 radical (unpaired) electrons. The fraction of sp³-hybridized carbons (Fsp3) is 0.389. The Morgan fingerprint density at radius 2 is 1.95 bits per heavy atom. The van der Waals surface area contributed by atoms with Crippen LogP contribution in [0.2, 0.25) is 0 Å². The Kier molecular flexibility index (Phi) is 6.22. The standard InChI is InChI=1S/C18H23NO3/c1-3-21-12-6-11-19-18(20)14(2)22-17-10-9-15-7-4-5-8-16(15)13-17/h4-5,7-10,13-14H,3,6,11-12H2,1-2H3,(H,19,20). The van der Waals surface area contributed by atoms with E-state index in [0.717, 1.165) is 17.2 Å². The number of nitrogens with one attached hydrogen (secondary N) is 1. The predicted octanol–water partition coefficient (Wildman–Crippen LogP) is 3.15. The number of ether oxygens (including phenoxy) is 2. The minimum Gasteiger partial charge on any atom is -0.481 e. The molecule has 2 rings (SSSR count). The maximum atomic E-state index is 12.0. The normalized spacial score (nSPS) is 12.1. The van der Waals surface area contributed by atoms with E-state index < -0.39 is 6.10 Å². The average molecular weight is 301 g/mol. The van der Waals surface area contributed by atoms with Gasteiger partial charge in [0.1, 0.15) is 5.75 Å². The molecule has 1 unspecified atom stereocenters. The minimum absolute atomic E-state index is 0.107. The highest BCUT2D eigenvalue weighted by molar-refractivity contribution is 5.84. The van der Waals surface area contributed by atoms with Crippen molar-refractivity contribution in [3.05, 3.63) is 42.5 Å². The number of hydrogen-bond donors (Lipinski definition) is 1. The summed E-state index contributed by atoms with van der Waals surface area (Å²) in [6, 6.07) is 13.9. The van der Waals surface area contributed by atoms with E-state index >= 15 is 0 Å². The molecule has 1 N–H and O–H groups in total. The largest absolute Gasteiger partial charge is 0.481 e. The van der Waals surface area contributed by atoms with Crippen molar-refractivity contribution < 1.29 is 14.3 Å². The van der Waals surface area contributed by atoms with Crippen molar-refractivity contribution >= 4 is 16.7 Å². The van der Waals surface area contributed by atoms with Crippen molar-refractivity contribution in [3.8, 4) is 5.75 Å². The quantitative estimate of drug-likeness (QED) is 0.762. The van der Waals surface area contributed by atoms with Gasteiger partial charge in [-0.3, -0.25) is 4.79 Å². The molecule has 0 aromatic heterocycles. The van der Waals surface area contributed by atoms with Crippen molar-refractivity contribution in [2.24, 2.45) is 0 Å². The summed E-state index contributed by atoms with van der Waals surface area (Å²) < 4.78 is 10.9. The van der Waals surface area contributed by atoms with Gasteiger partial charge < -0.3 is 14.8 Å². The summed E-state index contributed by atoms with van der Waals surface area (Å²) in [5.74, 6) is 0.598. The molecule has 0 aliphatic heterocycles. The summed E-state index contributed by atoms with van der Waals surface area (Å²) >= 11 is 0. The Morgan fingerprint density at radius 3 is 2.73 bits per heavy atom. The molecule has 0 saturated carbocycles. The summed E-state index contributed by atoms with van der Waals surface area (Å²) in [5, 5.41) is 5.11. The molecular formula is C18H23NO3. The lowest BCUT2D eigenvalue weighted by Crippen LogP contribution is -2.37. The lowest BCUT2D eigenvalue weighted by molar-refractivity contribution is -0.127. The third kappa shape index (κ3) is 4.74. The molecule has 0 aliphatic rings. The number of hydrogen-bond acceptors (Lipinski definition) is 3. The minimum atomic E-state index is -0.520. The van der Waals surface area contributed by atoms with Gasteiger partial charge in [0.15, 0.2) is 6.10 Å². The molecule has 2 aromatic carbocycles. The highest BCUT2D eigenvalue weighted by atomic mass is 16.5. The molecule has 2 aromatic rings. The molecular weight excluding hydrogens is 278 g/mol. The molecule has 1 amide bonds. The van der Waals surface area contributed by atoms with Gasteiger partial charge in [-0.15, -0.1) is 0 Å². The van der Waals surface area contributed by atoms with Crippen molar-refractivity contribution in [3.63, 3.8) is 0 Å². The molecule has 4 heteroatoms. The van der Waals surface area contributed by atoms with Gasteiger partial charge in [-0.25, -0.2) is 0 Å². The van der Waals surface area contributed by atoms with Gasteiger partial charge in [0.05, 0.1) is 0 Å². The molecule has 1 atom stereocenters. The van der Waals surface area contributed by atoms with Crippen molar-refractivity contribution in [1.82, 2.24) is 5.32 Å². The Hall–Kier alpha value is -2.07. The predicted molar refractivity (Wildman–Crippen MR) is 88.2 cm³/mol. The van der Waals surface area contributed by atoms with Gasteiger partial charge in [0, 0.05) is 19.8 Å². The zero-order valence-corrected chi connectivity index (χ0v) is 13.2. The maximum Gasteiger partial charge on any atom is 0.260 e. The van der Waals surface area contributed by atoms with Crippen LogP contribution in [-0.4, -0.2) is 31.8 Å². The average Bonchev–Trinajstić information content (AvgIpc) is 2.54. The van der Waals surface area contributed by atoms with E-state index in [1.54, 1.807) is 6.92 Å². The van der Waals surface area contributed by atoms with E-state index in [4.69, 9.17) is 9.47 Å². The van der Waals surface area contributed by atoms with E-state index in [1.807, 2.05) is 49.4 Å². The molecule has 0 fully saturated rings. The first-order valence-corrected chi connectivity index (χ1v) is 7.71. The lowest BCUT2D eigenvalue weighted by atomic mass is 10.1. The van der Waals surface area contributed by atoms with E-state index in [9.17, 15) is 4.79 Å². The van der Waals surface area contributed by atoms with Crippen LogP contribution in [0.3, 0.4) is 0 Å². The Morgan fingerprint density at radius 1 is 1.18 bits per heavy atom. The Balaban J connectivity index is 1.84. The van der Waals surface area contributed by atoms with Gasteiger partial charge in [0.2, 0.25) is 0 Å². The highest BCUT2D eigenvalue weighted by Gasteiger charge is 2.14. The van der Waals surface area contributed by atoms with Crippen LogP contribution in [0.25, 0.3) is 10.8 Å². The van der Waals surface area contributed by atoms with Crippen LogP contribution in [0, 0.1) is 0 Å². The SMILES string of the molecule is CCOCCCNC(=O)C(C)Oc1ccc2ccccc2c1. The number of carbonyl (C=O) groups excluding carboxylic acids is 1. The van der Waals surface area contributed by atoms with Gasteiger partial charge in [-0.1, -0.05) is 30.3 Å². The van der Waals surface area contributed by atoms with E-state index in [2.05, 4.69) is 5.32 Å². The number of rotatable bonds is 8. The Bertz CT molecular complexity index is 612. The summed E-state index contributed by atoms with van der Waals surface area (Å²) in [4.78, 5) is 12.0. The second kappa shape index (κ2) is 8.39. The number of amides is 1. The summed E-state index contributed by atoms with van der Waals surface area (Å²) in [5.41, 5.74) is 0. The first-order chi connectivity index (χ1) is 10.7. The van der Waals surface area contributed by atoms with Gasteiger partial charge >= 0.3 is 0 Å². The van der Waals surface area contributed by atoms with Gasteiger partial charge in [-0.05, 0) is 43.2 Å². The molecule has 0 heterocycles. The molecule has 22 heavy (non-hydrogen) atoms. The summed E-state index contributed by atoms with van der Waals surface area (Å²) in [6.45, 7) is 5.68. The first-order valence-electron chi connectivity index (χ1n) is 7.71. The van der Waals surface area contributed by atoms with Crippen molar-refractivity contribution in [2.75, 3.05) is 19.8 Å². The molecule has 0 aliphatic carbocycles. The van der Waals surface area contributed by atoms with Crippen LogP contribution >= 0.6 is 0 Å². The zero-order valence-electron chi connectivity index (χ0n) is 13.2. The first kappa shape index (κ1) is 16.3. The lowest BCUT2D eigenvalue weighted by Gasteiger charge is -2.15. The van der Waals surface area contributed by atoms with Crippen LogP contribution < -0.4 is 10.1 Å². The van der Waals surface area contributed by atoms with Crippen LogP contribution in [0.4, 0.5) is 0 Å². The van der Waals surface area contributed by atoms with Gasteiger partial charge in [0.25, 0.3) is 5.91 Å². The molecule has 0 bridgehead atoms. The van der Waals surface area contributed by atoms with Crippen LogP contribution in [0.1, 0.15) is 20.3 Å². The van der Waals surface area contributed by atoms with Crippen molar-refractivity contribution in [2.45, 2.75) is 26.4 Å². The second-order valence-corrected chi connectivity index (χ2v) is 5.11. The van der Waals surface area contributed by atoms with Crippen LogP contribution in [0.15, 0.2) is 42.5 Å². The third-order valence-corrected chi connectivity index (χ3v) is 3.37. The maximum absolute atomic E-state index is 12.0. The van der Waals surface area contributed by atoms with E-state index in [1.165, 1.54) is 0 Å². The third-order valence-electron chi connectivity index (χ3n) is 3.37. The fourth-order valence-corrected chi connectivity index (χ4v) is 2.17. The molecule has 0 saturated heterocycles. The zero-order chi connectivity index (χ0) is 15.8. The van der Waals surface area contributed by atoms with E-state index in [0.29, 0.717) is 25.5 Å². The summed E-state index contributed by atoms with van der Waals surface area (Å²) in [7, 11) is 0. The fourth-order valence-electron chi connectivity index (χ4n) is 2.17. The monoisotopic (exact) mass is 301 g/mol. The topological polar surface area (TPSA) is 47.6 Å². The summed E-state index contributed by atoms with van der Waals surface area (Å²) in [6.07, 6.45) is 0.288. The molecule has 118 valence electrons. The molecule has 4 nitrogen and oxygen atoms in total. The molecule has 0 spiro atoms. The van der Waals surface area contributed by atoms with E-state index in [-0.39, 0.29) is 5.91 Å². The van der Waals surface area contributed by atoms with Crippen LogP contribution in [-0.2, 0) is 9.53 Å². The number of fused-ring (bicyclic) bond motifs is 1. The highest BCUT2D eigenvalue weighted by Crippen LogP contribution is 2.21. The number of benzene rings is 2. The number of carbonyl (C=O) groups is 1. The smallest absolute Gasteiger partial charge is 0.260 e.